The first kappa shape index (κ1) is 12.7. The molecular formula is C13H11BrN2O2. The highest BCUT2D eigenvalue weighted by Gasteiger charge is 2.10. The van der Waals surface area contributed by atoms with E-state index in [0.29, 0.717) is 11.5 Å². The average molecular weight is 307 g/mol. The van der Waals surface area contributed by atoms with Gasteiger partial charge in [-0.1, -0.05) is 28.1 Å². The molecule has 0 radical (unpaired) electrons. The van der Waals surface area contributed by atoms with Gasteiger partial charge in [-0.05, 0) is 31.5 Å². The third kappa shape index (κ3) is 2.56. The van der Waals surface area contributed by atoms with Gasteiger partial charge in [0.05, 0.1) is 0 Å². The van der Waals surface area contributed by atoms with Crippen molar-refractivity contribution < 1.29 is 9.90 Å². The molecule has 0 saturated heterocycles. The molecule has 2 aromatic rings. The van der Waals surface area contributed by atoms with Gasteiger partial charge in [0.25, 0.3) is 0 Å². The fraction of sp³-hybridized carbons (Fsp3) is 0.154. The summed E-state index contributed by atoms with van der Waals surface area (Å²) in [5.41, 5.74) is 2.53. The summed E-state index contributed by atoms with van der Waals surface area (Å²) in [6.07, 6.45) is 0. The van der Waals surface area contributed by atoms with Crippen LogP contribution in [0.25, 0.3) is 11.4 Å². The lowest BCUT2D eigenvalue weighted by Gasteiger charge is -2.05. The minimum atomic E-state index is -1.05. The highest BCUT2D eigenvalue weighted by Crippen LogP contribution is 2.23. The van der Waals surface area contributed by atoms with E-state index in [9.17, 15) is 4.79 Å². The van der Waals surface area contributed by atoms with Gasteiger partial charge >= 0.3 is 5.97 Å². The Hall–Kier alpha value is -1.75. The topological polar surface area (TPSA) is 63.1 Å². The number of carboxylic acids is 1. The molecule has 1 aromatic carbocycles. The van der Waals surface area contributed by atoms with Crippen LogP contribution in [0.4, 0.5) is 0 Å². The Morgan fingerprint density at radius 1 is 1.22 bits per heavy atom. The molecule has 0 aliphatic heterocycles. The molecule has 0 bridgehead atoms. The van der Waals surface area contributed by atoms with Crippen molar-refractivity contribution in [3.05, 3.63) is 45.7 Å². The van der Waals surface area contributed by atoms with Gasteiger partial charge in [-0.25, -0.2) is 14.8 Å². The van der Waals surface area contributed by atoms with Crippen molar-refractivity contribution >= 4 is 21.9 Å². The van der Waals surface area contributed by atoms with Crippen LogP contribution in [0.2, 0.25) is 0 Å². The number of aromatic carboxylic acids is 1. The Labute approximate surface area is 113 Å². The highest BCUT2D eigenvalue weighted by molar-refractivity contribution is 9.10. The van der Waals surface area contributed by atoms with Crippen LogP contribution >= 0.6 is 15.9 Å². The third-order valence-corrected chi connectivity index (χ3v) is 3.36. The largest absolute Gasteiger partial charge is 0.477 e. The summed E-state index contributed by atoms with van der Waals surface area (Å²) in [7, 11) is 0. The summed E-state index contributed by atoms with van der Waals surface area (Å²) in [5.74, 6) is -0.624. The van der Waals surface area contributed by atoms with Crippen LogP contribution in [0.3, 0.4) is 0 Å². The minimum Gasteiger partial charge on any atom is -0.477 e. The monoisotopic (exact) mass is 306 g/mol. The second kappa shape index (κ2) is 4.86. The van der Waals surface area contributed by atoms with Crippen molar-refractivity contribution in [2.24, 2.45) is 0 Å². The first-order valence-electron chi connectivity index (χ1n) is 5.33. The van der Waals surface area contributed by atoms with Gasteiger partial charge in [-0.15, -0.1) is 0 Å². The van der Waals surface area contributed by atoms with E-state index in [4.69, 9.17) is 5.11 Å². The van der Waals surface area contributed by atoms with Crippen molar-refractivity contribution in [2.75, 3.05) is 0 Å². The van der Waals surface area contributed by atoms with E-state index in [1.54, 1.807) is 6.92 Å². The second-order valence-corrected chi connectivity index (χ2v) is 4.84. The normalized spacial score (nSPS) is 10.4. The molecule has 1 aromatic heterocycles. The van der Waals surface area contributed by atoms with Crippen LogP contribution in [0.1, 0.15) is 21.7 Å². The van der Waals surface area contributed by atoms with Crippen LogP contribution in [-0.2, 0) is 0 Å². The summed E-state index contributed by atoms with van der Waals surface area (Å²) in [6, 6.07) is 7.15. The highest BCUT2D eigenvalue weighted by atomic mass is 79.9. The van der Waals surface area contributed by atoms with Crippen molar-refractivity contribution in [3.63, 3.8) is 0 Å². The molecule has 0 aliphatic carbocycles. The van der Waals surface area contributed by atoms with Crippen LogP contribution < -0.4 is 0 Å². The molecule has 92 valence electrons. The van der Waals surface area contributed by atoms with E-state index >= 15 is 0 Å². The molecule has 0 aliphatic rings. The fourth-order valence-electron chi connectivity index (χ4n) is 1.54. The third-order valence-electron chi connectivity index (χ3n) is 2.50. The predicted molar refractivity (Wildman–Crippen MR) is 71.6 cm³/mol. The number of aryl methyl sites for hydroxylation is 2. The summed E-state index contributed by atoms with van der Waals surface area (Å²) < 4.78 is 0.946. The lowest BCUT2D eigenvalue weighted by Crippen LogP contribution is -2.04. The van der Waals surface area contributed by atoms with Gasteiger partial charge < -0.3 is 5.11 Å². The molecule has 0 spiro atoms. The van der Waals surface area contributed by atoms with Gasteiger partial charge in [-0.3, -0.25) is 0 Å². The minimum absolute atomic E-state index is 0.00852. The number of aromatic nitrogens is 2. The lowest BCUT2D eigenvalue weighted by molar-refractivity contribution is 0.0690. The zero-order valence-electron chi connectivity index (χ0n) is 9.94. The first-order valence-corrected chi connectivity index (χ1v) is 6.12. The quantitative estimate of drug-likeness (QED) is 0.925. The van der Waals surface area contributed by atoms with E-state index in [0.717, 1.165) is 15.6 Å². The smallest absolute Gasteiger partial charge is 0.354 e. The SMILES string of the molecule is Cc1cc(C(=O)O)nc(-c2ccc(C)c(Br)c2)n1. The predicted octanol–water partition coefficient (Wildman–Crippen LogP) is 3.22. The maximum atomic E-state index is 11.0. The summed E-state index contributed by atoms with van der Waals surface area (Å²) >= 11 is 3.44. The van der Waals surface area contributed by atoms with Crippen LogP contribution in [0, 0.1) is 13.8 Å². The van der Waals surface area contributed by atoms with Crippen molar-refractivity contribution in [1.82, 2.24) is 9.97 Å². The Balaban J connectivity index is 2.56. The maximum Gasteiger partial charge on any atom is 0.354 e. The average Bonchev–Trinajstić information content (AvgIpc) is 2.31. The Kier molecular flexibility index (Phi) is 3.43. The number of benzene rings is 1. The number of carbonyl (C=O) groups is 1. The molecule has 0 unspecified atom stereocenters. The number of hydrogen-bond acceptors (Lipinski definition) is 3. The van der Waals surface area contributed by atoms with E-state index < -0.39 is 5.97 Å². The molecule has 0 fully saturated rings. The molecule has 2 rings (SSSR count). The van der Waals surface area contributed by atoms with Crippen molar-refractivity contribution in [3.8, 4) is 11.4 Å². The molecular weight excluding hydrogens is 296 g/mol. The molecule has 0 atom stereocenters. The van der Waals surface area contributed by atoms with Crippen LogP contribution in [0.5, 0.6) is 0 Å². The lowest BCUT2D eigenvalue weighted by atomic mass is 10.1. The zero-order valence-corrected chi connectivity index (χ0v) is 11.5. The van der Waals surface area contributed by atoms with Gasteiger partial charge in [0.1, 0.15) is 0 Å². The molecule has 4 nitrogen and oxygen atoms in total. The van der Waals surface area contributed by atoms with Crippen molar-refractivity contribution in [1.29, 1.82) is 0 Å². The first-order chi connectivity index (χ1) is 8.47. The summed E-state index contributed by atoms with van der Waals surface area (Å²) in [4.78, 5) is 19.3. The number of rotatable bonds is 2. The fourth-order valence-corrected chi connectivity index (χ4v) is 1.92. The molecule has 1 N–H and O–H groups in total. The van der Waals surface area contributed by atoms with E-state index in [1.165, 1.54) is 6.07 Å². The number of nitrogens with zero attached hydrogens (tertiary/aromatic N) is 2. The summed E-state index contributed by atoms with van der Waals surface area (Å²) in [5, 5.41) is 8.98. The molecule has 18 heavy (non-hydrogen) atoms. The van der Waals surface area contributed by atoms with E-state index in [-0.39, 0.29) is 5.69 Å². The number of carboxylic acid groups (broad SMARTS) is 1. The van der Waals surface area contributed by atoms with E-state index in [2.05, 4.69) is 25.9 Å². The maximum absolute atomic E-state index is 11.0. The molecule has 1 heterocycles. The standard InChI is InChI=1S/C13H11BrN2O2/c1-7-3-4-9(6-10(7)14)12-15-8(2)5-11(16-12)13(17)18/h3-6H,1-2H3,(H,17,18). The van der Waals surface area contributed by atoms with Gasteiger partial charge in [-0.2, -0.15) is 0 Å². The Morgan fingerprint density at radius 3 is 2.56 bits per heavy atom. The Bertz CT molecular complexity index is 626. The molecule has 0 amide bonds. The van der Waals surface area contributed by atoms with E-state index in [1.807, 2.05) is 25.1 Å². The van der Waals surface area contributed by atoms with Crippen molar-refractivity contribution in [2.45, 2.75) is 13.8 Å². The second-order valence-electron chi connectivity index (χ2n) is 3.99. The van der Waals surface area contributed by atoms with Gasteiger partial charge in [0.2, 0.25) is 0 Å². The number of halogens is 1. The number of hydrogen-bond donors (Lipinski definition) is 1. The zero-order chi connectivity index (χ0) is 13.3. The van der Waals surface area contributed by atoms with Gasteiger partial charge in [0.15, 0.2) is 11.5 Å². The van der Waals surface area contributed by atoms with Gasteiger partial charge in [0, 0.05) is 15.7 Å². The Morgan fingerprint density at radius 2 is 1.94 bits per heavy atom. The summed E-state index contributed by atoms with van der Waals surface area (Å²) in [6.45, 7) is 3.73. The molecule has 5 heteroatoms. The van der Waals surface area contributed by atoms with Crippen LogP contribution in [0.15, 0.2) is 28.7 Å². The van der Waals surface area contributed by atoms with Crippen LogP contribution in [-0.4, -0.2) is 21.0 Å². The molecule has 0 saturated carbocycles.